The zero-order valence-corrected chi connectivity index (χ0v) is 9.28. The Balaban J connectivity index is 1.56. The van der Waals surface area contributed by atoms with Crippen LogP contribution in [0.25, 0.3) is 0 Å². The molecule has 0 aliphatic heterocycles. The summed E-state index contributed by atoms with van der Waals surface area (Å²) in [6.07, 6.45) is 7.79. The molecule has 4 heteroatoms. The van der Waals surface area contributed by atoms with Gasteiger partial charge in [-0.1, -0.05) is 6.07 Å². The van der Waals surface area contributed by atoms with Gasteiger partial charge in [0.15, 0.2) is 0 Å². The number of hydrogen-bond donors (Lipinski definition) is 2. The second kappa shape index (κ2) is 5.49. The summed E-state index contributed by atoms with van der Waals surface area (Å²) in [4.78, 5) is 15.3. The lowest BCUT2D eigenvalue weighted by Crippen LogP contribution is -2.37. The lowest BCUT2D eigenvalue weighted by molar-refractivity contribution is 0.240. The number of amides is 2. The van der Waals surface area contributed by atoms with Crippen molar-refractivity contribution < 1.29 is 4.79 Å². The third kappa shape index (κ3) is 3.88. The Morgan fingerprint density at radius 1 is 1.50 bits per heavy atom. The van der Waals surface area contributed by atoms with Crippen molar-refractivity contribution in [3.63, 3.8) is 0 Å². The zero-order chi connectivity index (χ0) is 11.2. The molecule has 86 valence electrons. The number of carbonyl (C=O) groups excluding carboxylic acids is 1. The molecule has 1 saturated carbocycles. The van der Waals surface area contributed by atoms with Gasteiger partial charge in [0.2, 0.25) is 0 Å². The molecule has 0 unspecified atom stereocenters. The molecule has 1 aromatic heterocycles. The molecule has 4 nitrogen and oxygen atoms in total. The summed E-state index contributed by atoms with van der Waals surface area (Å²) in [5, 5.41) is 5.74. The molecule has 1 aliphatic rings. The van der Waals surface area contributed by atoms with Crippen LogP contribution in [-0.2, 0) is 6.42 Å². The van der Waals surface area contributed by atoms with E-state index in [2.05, 4.69) is 21.7 Å². The van der Waals surface area contributed by atoms with Crippen LogP contribution in [0.5, 0.6) is 0 Å². The van der Waals surface area contributed by atoms with E-state index in [9.17, 15) is 4.79 Å². The normalized spacial score (nSPS) is 14.5. The summed E-state index contributed by atoms with van der Waals surface area (Å²) in [6, 6.07) is 4.38. The fraction of sp³-hybridized carbons (Fsp3) is 0.500. The molecule has 1 fully saturated rings. The second-order valence-corrected chi connectivity index (χ2v) is 4.14. The number of aromatic nitrogens is 1. The Hall–Kier alpha value is -1.58. The summed E-state index contributed by atoms with van der Waals surface area (Å²) >= 11 is 0. The van der Waals surface area contributed by atoms with Crippen molar-refractivity contribution >= 4 is 6.03 Å². The summed E-state index contributed by atoms with van der Waals surface area (Å²) in [5.41, 5.74) is 1.21. The first-order valence-corrected chi connectivity index (χ1v) is 5.78. The monoisotopic (exact) mass is 219 g/mol. The molecule has 0 radical (unpaired) electrons. The SMILES string of the molecule is O=C(NCCCc1cccnc1)NC1CC1. The average Bonchev–Trinajstić information content (AvgIpc) is 3.10. The Morgan fingerprint density at radius 3 is 3.06 bits per heavy atom. The van der Waals surface area contributed by atoms with Crippen molar-refractivity contribution in [2.75, 3.05) is 6.54 Å². The Morgan fingerprint density at radius 2 is 2.38 bits per heavy atom. The molecule has 1 aromatic rings. The number of nitrogens with zero attached hydrogens (tertiary/aromatic N) is 1. The third-order valence-corrected chi connectivity index (χ3v) is 2.56. The number of carbonyl (C=O) groups is 1. The fourth-order valence-electron chi connectivity index (χ4n) is 1.50. The quantitative estimate of drug-likeness (QED) is 0.737. The number of aryl methyl sites for hydroxylation is 1. The van der Waals surface area contributed by atoms with Gasteiger partial charge in [-0.05, 0) is 37.3 Å². The minimum atomic E-state index is -0.0336. The van der Waals surface area contributed by atoms with Crippen LogP contribution < -0.4 is 10.6 Å². The lowest BCUT2D eigenvalue weighted by atomic mass is 10.1. The first kappa shape index (κ1) is 10.9. The number of rotatable bonds is 5. The van der Waals surface area contributed by atoms with Gasteiger partial charge in [-0.25, -0.2) is 4.79 Å². The summed E-state index contributed by atoms with van der Waals surface area (Å²) in [5.74, 6) is 0. The highest BCUT2D eigenvalue weighted by Crippen LogP contribution is 2.18. The van der Waals surface area contributed by atoms with Crippen molar-refractivity contribution in [3.05, 3.63) is 30.1 Å². The van der Waals surface area contributed by atoms with Crippen LogP contribution in [0.3, 0.4) is 0 Å². The summed E-state index contributed by atoms with van der Waals surface area (Å²) < 4.78 is 0. The van der Waals surface area contributed by atoms with E-state index < -0.39 is 0 Å². The average molecular weight is 219 g/mol. The lowest BCUT2D eigenvalue weighted by Gasteiger charge is -2.06. The van der Waals surface area contributed by atoms with Gasteiger partial charge in [0.25, 0.3) is 0 Å². The molecule has 0 aromatic carbocycles. The summed E-state index contributed by atoms with van der Waals surface area (Å²) in [6.45, 7) is 0.716. The Labute approximate surface area is 95.5 Å². The van der Waals surface area contributed by atoms with Crippen molar-refractivity contribution in [1.29, 1.82) is 0 Å². The third-order valence-electron chi connectivity index (χ3n) is 2.56. The van der Waals surface area contributed by atoms with E-state index in [4.69, 9.17) is 0 Å². The van der Waals surface area contributed by atoms with Crippen LogP contribution in [0.1, 0.15) is 24.8 Å². The Bertz CT molecular complexity index is 335. The number of nitrogens with one attached hydrogen (secondary N) is 2. The van der Waals surface area contributed by atoms with Crippen molar-refractivity contribution in [2.45, 2.75) is 31.7 Å². The summed E-state index contributed by atoms with van der Waals surface area (Å²) in [7, 11) is 0. The molecule has 1 aliphatic carbocycles. The maximum absolute atomic E-state index is 11.3. The van der Waals surface area contributed by atoms with E-state index in [0.29, 0.717) is 12.6 Å². The standard InChI is InChI=1S/C12H17N3O/c16-12(15-11-5-6-11)14-8-2-4-10-3-1-7-13-9-10/h1,3,7,9,11H,2,4-6,8H2,(H2,14,15,16). The molecule has 0 bridgehead atoms. The minimum absolute atomic E-state index is 0.0336. The predicted octanol–water partition coefficient (Wildman–Crippen LogP) is 1.48. The van der Waals surface area contributed by atoms with Crippen molar-refractivity contribution in [1.82, 2.24) is 15.6 Å². The number of hydrogen-bond acceptors (Lipinski definition) is 2. The van der Waals surface area contributed by atoms with Crippen molar-refractivity contribution in [3.8, 4) is 0 Å². The van der Waals surface area contributed by atoms with Crippen LogP contribution in [0.4, 0.5) is 4.79 Å². The molecule has 1 heterocycles. The Kier molecular flexibility index (Phi) is 3.75. The van der Waals surface area contributed by atoms with Gasteiger partial charge in [-0.3, -0.25) is 4.98 Å². The van der Waals surface area contributed by atoms with E-state index in [0.717, 1.165) is 25.7 Å². The maximum Gasteiger partial charge on any atom is 0.315 e. The van der Waals surface area contributed by atoms with Crippen LogP contribution in [0, 0.1) is 0 Å². The van der Waals surface area contributed by atoms with E-state index in [1.807, 2.05) is 12.3 Å². The maximum atomic E-state index is 11.3. The van der Waals surface area contributed by atoms with Crippen LogP contribution in [-0.4, -0.2) is 23.6 Å². The molecule has 0 spiro atoms. The van der Waals surface area contributed by atoms with Crippen molar-refractivity contribution in [2.24, 2.45) is 0 Å². The molecule has 0 saturated heterocycles. The van der Waals surface area contributed by atoms with Gasteiger partial charge in [0.05, 0.1) is 0 Å². The van der Waals surface area contributed by atoms with Gasteiger partial charge in [0, 0.05) is 25.0 Å². The fourth-order valence-corrected chi connectivity index (χ4v) is 1.50. The molecule has 2 rings (SSSR count). The van der Waals surface area contributed by atoms with E-state index >= 15 is 0 Å². The van der Waals surface area contributed by atoms with Gasteiger partial charge in [-0.2, -0.15) is 0 Å². The van der Waals surface area contributed by atoms with Gasteiger partial charge in [0.1, 0.15) is 0 Å². The zero-order valence-electron chi connectivity index (χ0n) is 9.28. The molecular weight excluding hydrogens is 202 g/mol. The van der Waals surface area contributed by atoms with Gasteiger partial charge < -0.3 is 10.6 Å². The highest BCUT2D eigenvalue weighted by Gasteiger charge is 2.22. The van der Waals surface area contributed by atoms with E-state index in [1.54, 1.807) is 6.20 Å². The van der Waals surface area contributed by atoms with Crippen LogP contribution in [0.2, 0.25) is 0 Å². The smallest absolute Gasteiger partial charge is 0.315 e. The molecule has 0 atom stereocenters. The van der Waals surface area contributed by atoms with Gasteiger partial charge >= 0.3 is 6.03 Å². The predicted molar refractivity (Wildman–Crippen MR) is 62.1 cm³/mol. The molecule has 16 heavy (non-hydrogen) atoms. The second-order valence-electron chi connectivity index (χ2n) is 4.14. The highest BCUT2D eigenvalue weighted by molar-refractivity contribution is 5.74. The molecule has 2 amide bonds. The van der Waals surface area contributed by atoms with E-state index in [-0.39, 0.29) is 6.03 Å². The number of pyridine rings is 1. The first-order valence-electron chi connectivity index (χ1n) is 5.78. The van der Waals surface area contributed by atoms with Crippen LogP contribution >= 0.6 is 0 Å². The first-order chi connectivity index (χ1) is 7.84. The molecule has 2 N–H and O–H groups in total. The van der Waals surface area contributed by atoms with Crippen LogP contribution in [0.15, 0.2) is 24.5 Å². The molecular formula is C12H17N3O. The van der Waals surface area contributed by atoms with E-state index in [1.165, 1.54) is 5.56 Å². The topological polar surface area (TPSA) is 54.0 Å². The largest absolute Gasteiger partial charge is 0.338 e. The minimum Gasteiger partial charge on any atom is -0.338 e. The van der Waals surface area contributed by atoms with Gasteiger partial charge in [-0.15, -0.1) is 0 Å². The highest BCUT2D eigenvalue weighted by atomic mass is 16.2. The number of urea groups is 1.